The van der Waals surface area contributed by atoms with Crippen molar-refractivity contribution in [1.29, 1.82) is 0 Å². The van der Waals surface area contributed by atoms with Gasteiger partial charge in [0.1, 0.15) is 155 Å². The van der Waals surface area contributed by atoms with E-state index in [0.717, 1.165) is 47.0 Å². The first-order valence-electron chi connectivity index (χ1n) is 24.6. The Morgan fingerprint density at radius 3 is 0.769 bits per heavy atom. The van der Waals surface area contributed by atoms with E-state index in [1.54, 1.807) is 0 Å². The van der Waals surface area contributed by atoms with E-state index in [-0.39, 0.29) is 23.0 Å². The number of aliphatic hydroxyl groups excluding tert-OH is 23. The molecule has 35 atom stereocenters. The first-order chi connectivity index (χ1) is 36.8. The lowest BCUT2D eigenvalue weighted by molar-refractivity contribution is -0.276. The van der Waals surface area contributed by atoms with E-state index < -0.39 is 228 Å². The fourth-order valence-corrected chi connectivity index (χ4v) is 17.7. The van der Waals surface area contributed by atoms with E-state index >= 15 is 0 Å². The van der Waals surface area contributed by atoms with Crippen molar-refractivity contribution in [3.8, 4) is 0 Å². The standard InChI is InChI=1S/C42H72O30S6/c43-1-8-15(46)23(54)28(59)37(67-8)73-6-13-20(51)35(78-42-31(62)25(56)17(48)10(3-45)69-42)33(64)40(72-13)76-5-12-19(50)26(57)29(60)38(70-12)74-7-14-21(52)34(77-41-30(61)24(55)16(47)9(2-44)68-41)32(63)39(71-14)75-4-11-18(49)22(53)27(58)36(65)66-11/h8-65H,1-7H2/t8-,9-,10-,11-,12-,13-,14-,15-,16-,17-,18-,19-,20-,21-,22+,23+,24+,25+,26+,27-,28-,29-,30-,31-,32-,33-,34+,35+,36?,37+,38+,39+,40+,41+,42+/m1/s1. The predicted molar refractivity (Wildman–Crippen MR) is 271 cm³/mol. The summed E-state index contributed by atoms with van der Waals surface area (Å²) >= 11 is 4.35. The molecule has 0 aromatic carbocycles. The van der Waals surface area contributed by atoms with Gasteiger partial charge in [0.15, 0.2) is 6.29 Å². The Labute approximate surface area is 469 Å². The Kier molecular flexibility index (Phi) is 24.8. The molecule has 7 aliphatic heterocycles. The summed E-state index contributed by atoms with van der Waals surface area (Å²) in [6, 6.07) is 0. The molecule has 0 saturated carbocycles. The van der Waals surface area contributed by atoms with Crippen molar-refractivity contribution in [2.75, 3.05) is 42.8 Å². The molecular weight excluding hydrogens is 1180 g/mol. The third-order valence-corrected chi connectivity index (χ3v) is 22.5. The minimum Gasteiger partial charge on any atom is -0.394 e. The minimum absolute atomic E-state index is 0.272. The normalized spacial score (nSPS) is 53.5. The minimum atomic E-state index is -1.91. The molecule has 0 bridgehead atoms. The quantitative estimate of drug-likeness (QED) is 0.0571. The Bertz CT molecular complexity index is 1840. The van der Waals surface area contributed by atoms with Crippen LogP contribution in [0, 0.1) is 0 Å². The van der Waals surface area contributed by atoms with Gasteiger partial charge in [-0.3, -0.25) is 0 Å². The zero-order valence-electron chi connectivity index (χ0n) is 40.8. The molecule has 0 aliphatic carbocycles. The summed E-state index contributed by atoms with van der Waals surface area (Å²) in [6.07, 6.45) is -44.9. The van der Waals surface area contributed by atoms with E-state index in [1.165, 1.54) is 0 Å². The molecule has 23 N–H and O–H groups in total. The van der Waals surface area contributed by atoms with Gasteiger partial charge in [-0.1, -0.05) is 0 Å². The first kappa shape index (κ1) is 66.4. The summed E-state index contributed by atoms with van der Waals surface area (Å²) < 4.78 is 40.5. The molecule has 0 radical (unpaired) electrons. The molecule has 7 saturated heterocycles. The summed E-state index contributed by atoms with van der Waals surface area (Å²) in [7, 11) is 0. The van der Waals surface area contributed by atoms with E-state index in [1.807, 2.05) is 0 Å². The number of hydrogen-bond donors (Lipinski definition) is 23. The number of thioether (sulfide) groups is 6. The largest absolute Gasteiger partial charge is 0.394 e. The number of hydrogen-bond acceptors (Lipinski definition) is 36. The van der Waals surface area contributed by atoms with Gasteiger partial charge in [-0.05, 0) is 0 Å². The van der Waals surface area contributed by atoms with Crippen LogP contribution in [0.3, 0.4) is 0 Å². The molecule has 30 nitrogen and oxygen atoms in total. The molecule has 78 heavy (non-hydrogen) atoms. The van der Waals surface area contributed by atoms with Gasteiger partial charge in [-0.2, -0.15) is 0 Å². The SMILES string of the molecule is OC[C@H]1O[C@@H](SC[C@H]2O[C@@H](SC[C@H]3O[C@@H](SC[C@H]4O[C@@H](SC[C@H]5OC(O)[C@H](O)[C@@H](O)[C@@H]5O)[C@H](O)[C@@H](S[C@@H]5O[C@H](CO)[C@@H](O)[C@H](O)[C@H]5O)[C@@H]4O)[C@H](O)[C@@H](O)[C@@H]3O)[C@H](O)[C@@H](S[C@@H]3O[C@H](CO)[C@@H](O)[C@H](O)[C@H]3O)[C@@H]2O)[C@H](O)[C@@H](O)[C@@H]1O. The third kappa shape index (κ3) is 14.5. The smallest absolute Gasteiger partial charge is 0.183 e. The topological polar surface area (TPSA) is 530 Å². The second-order valence-corrected chi connectivity index (χ2v) is 26.8. The number of aliphatic hydroxyl groups is 23. The fraction of sp³-hybridized carbons (Fsp3) is 1.00. The molecule has 1 unspecified atom stereocenters. The maximum Gasteiger partial charge on any atom is 0.183 e. The van der Waals surface area contributed by atoms with Crippen molar-refractivity contribution in [2.45, 2.75) is 208 Å². The predicted octanol–water partition coefficient (Wildman–Crippen LogP) is -12.0. The highest BCUT2D eigenvalue weighted by Gasteiger charge is 2.55. The van der Waals surface area contributed by atoms with Crippen LogP contribution in [-0.2, 0) is 33.2 Å². The summed E-state index contributed by atoms with van der Waals surface area (Å²) in [4.78, 5) is 0. The molecular formula is C42H72O30S6. The van der Waals surface area contributed by atoms with Gasteiger partial charge >= 0.3 is 0 Å². The zero-order chi connectivity index (χ0) is 57.3. The van der Waals surface area contributed by atoms with Gasteiger partial charge in [0.2, 0.25) is 0 Å². The molecule has 7 aliphatic rings. The Balaban J connectivity index is 1.06. The van der Waals surface area contributed by atoms with Crippen LogP contribution in [0.1, 0.15) is 0 Å². The Morgan fingerprint density at radius 2 is 0.449 bits per heavy atom. The van der Waals surface area contributed by atoms with Crippen LogP contribution in [0.25, 0.3) is 0 Å². The van der Waals surface area contributed by atoms with Gasteiger partial charge < -0.3 is 151 Å². The van der Waals surface area contributed by atoms with Crippen molar-refractivity contribution in [3.63, 3.8) is 0 Å². The van der Waals surface area contributed by atoms with Crippen molar-refractivity contribution in [1.82, 2.24) is 0 Å². The summed E-state index contributed by atoms with van der Waals surface area (Å²) in [6.45, 7) is -2.33. The summed E-state index contributed by atoms with van der Waals surface area (Å²) in [5.74, 6) is -1.26. The molecule has 7 heterocycles. The fourth-order valence-electron chi connectivity index (χ4n) is 9.57. The summed E-state index contributed by atoms with van der Waals surface area (Å²) in [5, 5.41) is 243. The Hall–Kier alpha value is 0.900. The lowest BCUT2D eigenvalue weighted by atomic mass is 10.0. The van der Waals surface area contributed by atoms with Crippen LogP contribution in [0.5, 0.6) is 0 Å². The molecule has 7 fully saturated rings. The van der Waals surface area contributed by atoms with Crippen LogP contribution in [-0.4, -0.2) is 368 Å². The molecule has 36 heteroatoms. The van der Waals surface area contributed by atoms with Crippen LogP contribution in [0.15, 0.2) is 0 Å². The maximum atomic E-state index is 11.8. The molecule has 0 aromatic rings. The van der Waals surface area contributed by atoms with E-state index in [9.17, 15) is 117 Å². The average Bonchev–Trinajstić information content (AvgIpc) is 3.49. The van der Waals surface area contributed by atoms with Crippen molar-refractivity contribution in [2.24, 2.45) is 0 Å². The van der Waals surface area contributed by atoms with Crippen molar-refractivity contribution >= 4 is 70.6 Å². The highest BCUT2D eigenvalue weighted by molar-refractivity contribution is 8.02. The highest BCUT2D eigenvalue weighted by Crippen LogP contribution is 2.45. The van der Waals surface area contributed by atoms with Crippen LogP contribution >= 0.6 is 70.6 Å². The van der Waals surface area contributed by atoms with E-state index in [4.69, 9.17) is 33.2 Å². The number of ether oxygens (including phenoxy) is 7. The molecule has 456 valence electrons. The highest BCUT2D eigenvalue weighted by atomic mass is 32.2. The van der Waals surface area contributed by atoms with Crippen molar-refractivity contribution in [3.05, 3.63) is 0 Å². The molecule has 0 aromatic heterocycles. The van der Waals surface area contributed by atoms with Gasteiger partial charge in [0.25, 0.3) is 0 Å². The number of rotatable bonds is 19. The van der Waals surface area contributed by atoms with E-state index in [0.29, 0.717) is 23.5 Å². The van der Waals surface area contributed by atoms with Gasteiger partial charge in [-0.15, -0.1) is 70.6 Å². The lowest BCUT2D eigenvalue weighted by Gasteiger charge is -2.47. The maximum absolute atomic E-state index is 11.8. The molecule has 0 spiro atoms. The van der Waals surface area contributed by atoms with E-state index in [2.05, 4.69) is 0 Å². The van der Waals surface area contributed by atoms with Crippen molar-refractivity contribution < 1.29 is 151 Å². The summed E-state index contributed by atoms with van der Waals surface area (Å²) in [5.41, 5.74) is -8.44. The lowest BCUT2D eigenvalue weighted by Crippen LogP contribution is -2.61. The first-order valence-corrected chi connectivity index (χ1v) is 30.7. The zero-order valence-corrected chi connectivity index (χ0v) is 45.6. The van der Waals surface area contributed by atoms with Crippen LogP contribution in [0.2, 0.25) is 0 Å². The van der Waals surface area contributed by atoms with Gasteiger partial charge in [-0.25, -0.2) is 0 Å². The monoisotopic (exact) mass is 1250 g/mol. The Morgan fingerprint density at radius 1 is 0.218 bits per heavy atom. The average molecular weight is 1250 g/mol. The third-order valence-electron chi connectivity index (χ3n) is 14.5. The second-order valence-electron chi connectivity index (χ2n) is 19.7. The van der Waals surface area contributed by atoms with Crippen LogP contribution in [0.4, 0.5) is 0 Å². The van der Waals surface area contributed by atoms with Gasteiger partial charge in [0.05, 0.1) is 66.9 Å². The van der Waals surface area contributed by atoms with Crippen LogP contribution < -0.4 is 0 Å². The molecule has 0 amide bonds. The second kappa shape index (κ2) is 29.1. The molecule has 7 rings (SSSR count). The van der Waals surface area contributed by atoms with Gasteiger partial charge in [0, 0.05) is 23.0 Å².